The summed E-state index contributed by atoms with van der Waals surface area (Å²) in [6.45, 7) is 0.878. The minimum atomic E-state index is -4.29. The van der Waals surface area contributed by atoms with E-state index in [-0.39, 0.29) is 30.3 Å². The van der Waals surface area contributed by atoms with Crippen molar-refractivity contribution in [2.24, 2.45) is 5.92 Å². The predicted octanol–water partition coefficient (Wildman–Crippen LogP) is 2.86. The number of hydrogen-bond acceptors (Lipinski definition) is 6. The Bertz CT molecular complexity index is 1170. The number of amides is 2. The minimum Gasteiger partial charge on any atom is -0.486 e. The molecule has 1 saturated heterocycles. The van der Waals surface area contributed by atoms with E-state index in [2.05, 4.69) is 5.32 Å². The predicted molar refractivity (Wildman–Crippen MR) is 123 cm³/mol. The van der Waals surface area contributed by atoms with Crippen molar-refractivity contribution < 1.29 is 27.5 Å². The fourth-order valence-electron chi connectivity index (χ4n) is 3.26. The van der Waals surface area contributed by atoms with Gasteiger partial charge in [-0.1, -0.05) is 30.1 Å². The first kappa shape index (κ1) is 25.0. The van der Waals surface area contributed by atoms with Crippen LogP contribution in [0, 0.1) is 5.92 Å². The van der Waals surface area contributed by atoms with Gasteiger partial charge in [0.15, 0.2) is 5.78 Å². The van der Waals surface area contributed by atoms with Crippen molar-refractivity contribution in [2.45, 2.75) is 24.7 Å². The van der Waals surface area contributed by atoms with Crippen LogP contribution in [0.1, 0.15) is 18.9 Å². The molecule has 0 saturated carbocycles. The van der Waals surface area contributed by atoms with E-state index in [1.165, 1.54) is 24.3 Å². The molecule has 2 aromatic rings. The number of carbonyl (C=O) groups is 3. The lowest BCUT2D eigenvalue weighted by Gasteiger charge is -2.23. The Balaban J connectivity index is 1.90. The molecule has 3 rings (SSSR count). The molecule has 1 fully saturated rings. The zero-order valence-corrected chi connectivity index (χ0v) is 20.0. The zero-order chi connectivity index (χ0) is 24.2. The molecule has 2 amide bonds. The van der Waals surface area contributed by atoms with Crippen LogP contribution in [0.4, 0.5) is 0 Å². The number of nitrogens with one attached hydrogen (secondary N) is 1. The van der Waals surface area contributed by atoms with E-state index in [0.29, 0.717) is 32.1 Å². The van der Waals surface area contributed by atoms with Gasteiger partial charge in [0.1, 0.15) is 18.9 Å². The number of ether oxygens (including phenoxy) is 1. The minimum absolute atomic E-state index is 0.0436. The SMILES string of the molecule is CCC(=O)COc1ccc(Cl)cc1CC1CNC(=O)CN(S(=O)(=O)c2ccc(Cl)cc2)C1=O. The molecule has 1 aliphatic heterocycles. The molecule has 11 heteroatoms. The number of halogens is 2. The molecule has 1 aliphatic rings. The van der Waals surface area contributed by atoms with Crippen molar-refractivity contribution in [2.75, 3.05) is 19.7 Å². The molecule has 33 heavy (non-hydrogen) atoms. The maximum Gasteiger partial charge on any atom is 0.266 e. The first-order valence-electron chi connectivity index (χ1n) is 10.1. The molecule has 1 atom stereocenters. The molecule has 1 N–H and O–H groups in total. The van der Waals surface area contributed by atoms with Crippen molar-refractivity contribution in [3.8, 4) is 5.75 Å². The largest absolute Gasteiger partial charge is 0.486 e. The summed E-state index contributed by atoms with van der Waals surface area (Å²) < 4.78 is 32.4. The number of benzene rings is 2. The third kappa shape index (κ3) is 6.04. The van der Waals surface area contributed by atoms with Gasteiger partial charge < -0.3 is 10.1 Å². The number of Topliss-reactive ketones (excluding diaryl/α,β-unsaturated/α-hetero) is 1. The summed E-state index contributed by atoms with van der Waals surface area (Å²) in [5.41, 5.74) is 0.518. The summed E-state index contributed by atoms with van der Waals surface area (Å²) in [5, 5.41) is 3.31. The van der Waals surface area contributed by atoms with E-state index in [9.17, 15) is 22.8 Å². The molecule has 176 valence electrons. The van der Waals surface area contributed by atoms with Crippen LogP contribution in [0.5, 0.6) is 5.75 Å². The third-order valence-electron chi connectivity index (χ3n) is 5.10. The second-order valence-electron chi connectivity index (χ2n) is 7.44. The summed E-state index contributed by atoms with van der Waals surface area (Å²) in [7, 11) is -4.29. The normalized spacial score (nSPS) is 16.8. The average Bonchev–Trinajstić information content (AvgIpc) is 2.92. The fourth-order valence-corrected chi connectivity index (χ4v) is 4.99. The van der Waals surface area contributed by atoms with Crippen molar-refractivity contribution in [1.29, 1.82) is 0 Å². The molecule has 0 aliphatic carbocycles. The standard InChI is InChI=1S/C22H22Cl2N2O6S/c1-2-18(27)13-32-20-8-5-17(24)10-14(20)9-15-11-25-21(28)12-26(22(15)29)33(30,31)19-6-3-16(23)4-7-19/h3-8,10,15H,2,9,11-13H2,1H3,(H,25,28). The quantitative estimate of drug-likeness (QED) is 0.582. The van der Waals surface area contributed by atoms with Gasteiger partial charge in [0.05, 0.1) is 10.8 Å². The summed E-state index contributed by atoms with van der Waals surface area (Å²) in [5.74, 6) is -1.98. The van der Waals surface area contributed by atoms with Gasteiger partial charge >= 0.3 is 0 Å². The lowest BCUT2D eigenvalue weighted by molar-refractivity contribution is -0.131. The maximum absolute atomic E-state index is 13.3. The Hall–Kier alpha value is -2.62. The Kier molecular flexibility index (Phi) is 7.99. The summed E-state index contributed by atoms with van der Waals surface area (Å²) in [6, 6.07) is 10.1. The van der Waals surface area contributed by atoms with Crippen LogP contribution in [-0.2, 0) is 30.8 Å². The number of hydrogen-bond donors (Lipinski definition) is 1. The molecular weight excluding hydrogens is 491 g/mol. The third-order valence-corrected chi connectivity index (χ3v) is 7.35. The molecule has 2 aromatic carbocycles. The van der Waals surface area contributed by atoms with E-state index in [1.807, 2.05) is 0 Å². The molecule has 8 nitrogen and oxygen atoms in total. The van der Waals surface area contributed by atoms with Gasteiger partial charge in [-0.05, 0) is 54.4 Å². The van der Waals surface area contributed by atoms with Crippen LogP contribution in [0.3, 0.4) is 0 Å². The first-order valence-corrected chi connectivity index (χ1v) is 12.3. The van der Waals surface area contributed by atoms with E-state index >= 15 is 0 Å². The second kappa shape index (κ2) is 10.5. The molecule has 0 bridgehead atoms. The highest BCUT2D eigenvalue weighted by Crippen LogP contribution is 2.28. The number of sulfonamides is 1. The smallest absolute Gasteiger partial charge is 0.266 e. The number of rotatable bonds is 8. The van der Waals surface area contributed by atoms with Gasteiger partial charge in [-0.3, -0.25) is 14.4 Å². The van der Waals surface area contributed by atoms with Gasteiger partial charge in [-0.2, -0.15) is 0 Å². The van der Waals surface area contributed by atoms with Crippen molar-refractivity contribution in [1.82, 2.24) is 9.62 Å². The van der Waals surface area contributed by atoms with Crippen LogP contribution in [-0.4, -0.2) is 50.0 Å². The van der Waals surface area contributed by atoms with Crippen LogP contribution in [0.25, 0.3) is 0 Å². The van der Waals surface area contributed by atoms with Gasteiger partial charge in [0.25, 0.3) is 10.0 Å². The first-order chi connectivity index (χ1) is 15.6. The molecule has 0 spiro atoms. The zero-order valence-electron chi connectivity index (χ0n) is 17.7. The van der Waals surface area contributed by atoms with E-state index in [0.717, 1.165) is 0 Å². The highest BCUT2D eigenvalue weighted by Gasteiger charge is 2.38. The van der Waals surface area contributed by atoms with E-state index in [4.69, 9.17) is 27.9 Å². The highest BCUT2D eigenvalue weighted by atomic mass is 35.5. The average molecular weight is 513 g/mol. The monoisotopic (exact) mass is 512 g/mol. The molecule has 1 unspecified atom stereocenters. The molecule has 0 aromatic heterocycles. The Morgan fingerprint density at radius 3 is 2.45 bits per heavy atom. The van der Waals surface area contributed by atoms with Crippen LogP contribution in [0.2, 0.25) is 10.0 Å². The fraction of sp³-hybridized carbons (Fsp3) is 0.318. The van der Waals surface area contributed by atoms with Gasteiger partial charge in [-0.25, -0.2) is 12.7 Å². The van der Waals surface area contributed by atoms with Crippen molar-refractivity contribution >= 4 is 50.8 Å². The number of ketones is 1. The van der Waals surface area contributed by atoms with Gasteiger partial charge in [-0.15, -0.1) is 0 Å². The highest BCUT2D eigenvalue weighted by molar-refractivity contribution is 7.89. The van der Waals surface area contributed by atoms with Gasteiger partial charge in [0, 0.05) is 23.0 Å². The van der Waals surface area contributed by atoms with Crippen molar-refractivity contribution in [3.63, 3.8) is 0 Å². The lowest BCUT2D eigenvalue weighted by Crippen LogP contribution is -2.42. The lowest BCUT2D eigenvalue weighted by atomic mass is 9.98. The Labute approximate surface area is 201 Å². The molecule has 1 heterocycles. The Morgan fingerprint density at radius 1 is 1.12 bits per heavy atom. The summed E-state index contributed by atoms with van der Waals surface area (Å²) in [6.07, 6.45) is 0.357. The van der Waals surface area contributed by atoms with Gasteiger partial charge in [0.2, 0.25) is 11.8 Å². The van der Waals surface area contributed by atoms with Crippen LogP contribution in [0.15, 0.2) is 47.4 Å². The molecular formula is C22H22Cl2N2O6S. The number of carbonyl (C=O) groups excluding carboxylic acids is 3. The summed E-state index contributed by atoms with van der Waals surface area (Å²) >= 11 is 12.0. The van der Waals surface area contributed by atoms with Crippen LogP contribution < -0.4 is 10.1 Å². The topological polar surface area (TPSA) is 110 Å². The summed E-state index contributed by atoms with van der Waals surface area (Å²) in [4.78, 5) is 37.0. The van der Waals surface area contributed by atoms with E-state index in [1.54, 1.807) is 25.1 Å². The Morgan fingerprint density at radius 2 is 1.79 bits per heavy atom. The second-order valence-corrected chi connectivity index (χ2v) is 10.2. The van der Waals surface area contributed by atoms with Crippen molar-refractivity contribution in [3.05, 3.63) is 58.1 Å². The molecule has 0 radical (unpaired) electrons. The van der Waals surface area contributed by atoms with E-state index < -0.39 is 34.3 Å². The number of nitrogens with zero attached hydrogens (tertiary/aromatic N) is 1. The maximum atomic E-state index is 13.3. The van der Waals surface area contributed by atoms with Crippen LogP contribution >= 0.6 is 23.2 Å².